The third-order valence-corrected chi connectivity index (χ3v) is 3.95. The number of nitrogens with zero attached hydrogens (tertiary/aromatic N) is 2. The maximum Gasteiger partial charge on any atom is 0.162 e. The molecule has 0 atom stereocenters. The van der Waals surface area contributed by atoms with Crippen LogP contribution in [0.1, 0.15) is 17.3 Å². The molecule has 126 valence electrons. The number of ketones is 1. The Hall–Kier alpha value is -2.54. The van der Waals surface area contributed by atoms with Crippen molar-refractivity contribution >= 4 is 17.3 Å². The van der Waals surface area contributed by atoms with Gasteiger partial charge in [0.15, 0.2) is 5.78 Å². The van der Waals surface area contributed by atoms with Crippen LogP contribution in [0.5, 0.6) is 0 Å². The number of Topliss-reactive ketones (excluding diaryl/α,β-unsaturated/α-hetero) is 1. The summed E-state index contributed by atoms with van der Waals surface area (Å²) in [5.74, 6) is -1.18. The highest BCUT2D eigenvalue weighted by Gasteiger charge is 2.21. The van der Waals surface area contributed by atoms with E-state index < -0.39 is 11.6 Å². The average Bonchev–Trinajstić information content (AvgIpc) is 2.56. The topological polar surface area (TPSA) is 68.5 Å². The summed E-state index contributed by atoms with van der Waals surface area (Å²) >= 11 is 0. The standard InChI is InChI=1S/C17H17F2N3O2/c1-10(23)13-9-15(22-4-6-24-7-5-22)21-17(16(13)20)12-3-2-11(18)8-14(12)19/h2-3,8-9H,4-7,20H2,1H3. The normalized spacial score (nSPS) is 14.7. The zero-order chi connectivity index (χ0) is 17.3. The fourth-order valence-electron chi connectivity index (χ4n) is 2.67. The first-order chi connectivity index (χ1) is 11.5. The first-order valence-corrected chi connectivity index (χ1v) is 7.57. The Kier molecular flexibility index (Phi) is 4.44. The Morgan fingerprint density at radius 3 is 2.58 bits per heavy atom. The Bertz CT molecular complexity index is 790. The number of aromatic nitrogens is 1. The molecule has 0 unspecified atom stereocenters. The Morgan fingerprint density at radius 2 is 1.96 bits per heavy atom. The first kappa shape index (κ1) is 16.3. The van der Waals surface area contributed by atoms with Gasteiger partial charge in [-0.25, -0.2) is 13.8 Å². The van der Waals surface area contributed by atoms with Crippen LogP contribution in [-0.4, -0.2) is 37.1 Å². The monoisotopic (exact) mass is 333 g/mol. The summed E-state index contributed by atoms with van der Waals surface area (Å²) in [6.07, 6.45) is 0. The number of hydrogen-bond donors (Lipinski definition) is 1. The van der Waals surface area contributed by atoms with Gasteiger partial charge in [0.05, 0.1) is 24.6 Å². The zero-order valence-corrected chi connectivity index (χ0v) is 13.2. The van der Waals surface area contributed by atoms with Gasteiger partial charge in [-0.3, -0.25) is 4.79 Å². The lowest BCUT2D eigenvalue weighted by molar-refractivity contribution is 0.101. The number of benzene rings is 1. The van der Waals surface area contributed by atoms with Crippen molar-refractivity contribution in [1.29, 1.82) is 0 Å². The molecule has 1 saturated heterocycles. The van der Waals surface area contributed by atoms with Gasteiger partial charge < -0.3 is 15.4 Å². The van der Waals surface area contributed by atoms with Crippen LogP contribution in [0.3, 0.4) is 0 Å². The molecule has 1 aromatic carbocycles. The highest BCUT2D eigenvalue weighted by molar-refractivity contribution is 6.02. The average molecular weight is 333 g/mol. The molecular formula is C17H17F2N3O2. The number of carbonyl (C=O) groups is 1. The van der Waals surface area contributed by atoms with E-state index in [0.29, 0.717) is 32.1 Å². The minimum absolute atomic E-state index is 0.0616. The fourth-order valence-corrected chi connectivity index (χ4v) is 2.67. The lowest BCUT2D eigenvalue weighted by Crippen LogP contribution is -2.37. The van der Waals surface area contributed by atoms with Gasteiger partial charge >= 0.3 is 0 Å². The summed E-state index contributed by atoms with van der Waals surface area (Å²) in [4.78, 5) is 18.3. The molecule has 0 radical (unpaired) electrons. The summed E-state index contributed by atoms with van der Waals surface area (Å²) in [5.41, 5.74) is 6.59. The highest BCUT2D eigenvalue weighted by atomic mass is 19.1. The van der Waals surface area contributed by atoms with E-state index in [4.69, 9.17) is 10.5 Å². The molecule has 0 spiro atoms. The van der Waals surface area contributed by atoms with E-state index in [9.17, 15) is 13.6 Å². The van der Waals surface area contributed by atoms with Crippen molar-refractivity contribution < 1.29 is 18.3 Å². The van der Waals surface area contributed by atoms with Crippen molar-refractivity contribution in [3.05, 3.63) is 41.5 Å². The maximum absolute atomic E-state index is 14.2. The molecule has 7 heteroatoms. The molecule has 1 aromatic heterocycles. The molecular weight excluding hydrogens is 316 g/mol. The van der Waals surface area contributed by atoms with Gasteiger partial charge in [0, 0.05) is 30.3 Å². The van der Waals surface area contributed by atoms with Crippen molar-refractivity contribution in [3.8, 4) is 11.3 Å². The van der Waals surface area contributed by atoms with Gasteiger partial charge in [-0.15, -0.1) is 0 Å². The van der Waals surface area contributed by atoms with Crippen LogP contribution >= 0.6 is 0 Å². The number of rotatable bonds is 3. The number of hydrogen-bond acceptors (Lipinski definition) is 5. The predicted octanol–water partition coefficient (Wildman–Crippen LogP) is 2.65. The molecule has 2 heterocycles. The van der Waals surface area contributed by atoms with Crippen molar-refractivity contribution in [2.24, 2.45) is 0 Å². The number of nitrogens with two attached hydrogens (primary N) is 1. The van der Waals surface area contributed by atoms with Gasteiger partial charge in [0.1, 0.15) is 17.5 Å². The van der Waals surface area contributed by atoms with E-state index in [1.165, 1.54) is 13.0 Å². The molecule has 3 rings (SSSR count). The largest absolute Gasteiger partial charge is 0.396 e. The Labute approximate surface area is 138 Å². The molecule has 2 aromatic rings. The van der Waals surface area contributed by atoms with Crippen LogP contribution in [0.2, 0.25) is 0 Å². The van der Waals surface area contributed by atoms with E-state index in [0.717, 1.165) is 12.1 Å². The van der Waals surface area contributed by atoms with Gasteiger partial charge in [-0.2, -0.15) is 0 Å². The van der Waals surface area contributed by atoms with E-state index in [1.807, 2.05) is 4.90 Å². The third kappa shape index (κ3) is 3.07. The molecule has 1 fully saturated rings. The number of anilines is 2. The smallest absolute Gasteiger partial charge is 0.162 e. The second-order valence-electron chi connectivity index (χ2n) is 5.57. The minimum atomic E-state index is -0.775. The van der Waals surface area contributed by atoms with Crippen LogP contribution in [-0.2, 0) is 4.74 Å². The van der Waals surface area contributed by atoms with Gasteiger partial charge in [0.25, 0.3) is 0 Å². The van der Waals surface area contributed by atoms with E-state index in [1.54, 1.807) is 6.07 Å². The summed E-state index contributed by atoms with van der Waals surface area (Å²) in [6.45, 7) is 3.70. The van der Waals surface area contributed by atoms with E-state index in [2.05, 4.69) is 4.98 Å². The fraction of sp³-hybridized carbons (Fsp3) is 0.294. The number of carbonyl (C=O) groups excluding carboxylic acids is 1. The Morgan fingerprint density at radius 1 is 1.25 bits per heavy atom. The van der Waals surface area contributed by atoms with Gasteiger partial charge in [0.2, 0.25) is 0 Å². The number of pyridine rings is 1. The lowest BCUT2D eigenvalue weighted by atomic mass is 10.0. The molecule has 0 bridgehead atoms. The van der Waals surface area contributed by atoms with Crippen LogP contribution in [0.25, 0.3) is 11.3 Å². The highest BCUT2D eigenvalue weighted by Crippen LogP contribution is 2.32. The SMILES string of the molecule is CC(=O)c1cc(N2CCOCC2)nc(-c2ccc(F)cc2F)c1N. The van der Waals surface area contributed by atoms with E-state index in [-0.39, 0.29) is 28.3 Å². The van der Waals surface area contributed by atoms with Crippen molar-refractivity contribution in [2.45, 2.75) is 6.92 Å². The lowest BCUT2D eigenvalue weighted by Gasteiger charge is -2.29. The van der Waals surface area contributed by atoms with Crippen molar-refractivity contribution in [1.82, 2.24) is 4.98 Å². The van der Waals surface area contributed by atoms with Crippen LogP contribution in [0, 0.1) is 11.6 Å². The number of ether oxygens (including phenoxy) is 1. The number of nitrogen functional groups attached to an aromatic ring is 1. The van der Waals surface area contributed by atoms with E-state index >= 15 is 0 Å². The second kappa shape index (κ2) is 6.52. The molecule has 24 heavy (non-hydrogen) atoms. The first-order valence-electron chi connectivity index (χ1n) is 7.57. The number of morpholine rings is 1. The van der Waals surface area contributed by atoms with Crippen molar-refractivity contribution in [3.63, 3.8) is 0 Å². The molecule has 5 nitrogen and oxygen atoms in total. The molecule has 0 amide bonds. The third-order valence-electron chi connectivity index (χ3n) is 3.95. The zero-order valence-electron chi connectivity index (χ0n) is 13.2. The maximum atomic E-state index is 14.2. The summed E-state index contributed by atoms with van der Waals surface area (Å²) in [7, 11) is 0. The summed E-state index contributed by atoms with van der Waals surface area (Å²) in [6, 6.07) is 4.78. The molecule has 0 aliphatic carbocycles. The van der Waals surface area contributed by atoms with Crippen LogP contribution in [0.4, 0.5) is 20.3 Å². The quantitative estimate of drug-likeness (QED) is 0.875. The van der Waals surface area contributed by atoms with Gasteiger partial charge in [-0.05, 0) is 25.1 Å². The second-order valence-corrected chi connectivity index (χ2v) is 5.57. The molecule has 2 N–H and O–H groups in total. The molecule has 1 aliphatic heterocycles. The van der Waals surface area contributed by atoms with Crippen LogP contribution < -0.4 is 10.6 Å². The molecule has 0 saturated carbocycles. The predicted molar refractivity (Wildman–Crippen MR) is 87.0 cm³/mol. The minimum Gasteiger partial charge on any atom is -0.396 e. The summed E-state index contributed by atoms with van der Waals surface area (Å²) in [5, 5.41) is 0. The van der Waals surface area contributed by atoms with Crippen molar-refractivity contribution in [2.75, 3.05) is 36.9 Å². The Balaban J connectivity index is 2.16. The molecule has 1 aliphatic rings. The van der Waals surface area contributed by atoms with Gasteiger partial charge in [-0.1, -0.05) is 0 Å². The van der Waals surface area contributed by atoms with Crippen LogP contribution in [0.15, 0.2) is 24.3 Å². The number of halogens is 2. The summed E-state index contributed by atoms with van der Waals surface area (Å²) < 4.78 is 32.6.